The van der Waals surface area contributed by atoms with E-state index >= 15 is 0 Å². The van der Waals surface area contributed by atoms with Crippen LogP contribution in [0, 0.1) is 19.8 Å². The maximum Gasteiger partial charge on any atom is 0.223 e. The molecule has 0 bridgehead atoms. The molecule has 0 aromatic heterocycles. The van der Waals surface area contributed by atoms with Crippen molar-refractivity contribution in [3.05, 3.63) is 68.7 Å². The minimum absolute atomic E-state index is 0.0764. The molecule has 1 saturated heterocycles. The van der Waals surface area contributed by atoms with Crippen LogP contribution >= 0.6 is 23.2 Å². The number of benzene rings is 2. The summed E-state index contributed by atoms with van der Waals surface area (Å²) in [5.41, 5.74) is 4.82. The molecule has 1 heterocycles. The van der Waals surface area contributed by atoms with Gasteiger partial charge in [-0.25, -0.2) is 0 Å². The number of aryl methyl sites for hydroxylation is 2. The highest BCUT2D eigenvalue weighted by molar-refractivity contribution is 6.35. The van der Waals surface area contributed by atoms with Crippen LogP contribution in [0.3, 0.4) is 0 Å². The number of nitrogens with zero attached hydrogens (tertiary/aromatic N) is 1. The monoisotopic (exact) mass is 432 g/mol. The Balaban J connectivity index is 1.54. The predicted octanol–water partition coefficient (Wildman–Crippen LogP) is 6.09. The van der Waals surface area contributed by atoms with Gasteiger partial charge in [0.05, 0.1) is 6.04 Å². The van der Waals surface area contributed by atoms with Crippen molar-refractivity contribution in [1.29, 1.82) is 0 Å². The molecule has 29 heavy (non-hydrogen) atoms. The predicted molar refractivity (Wildman–Crippen MR) is 122 cm³/mol. The Labute approximate surface area is 184 Å². The number of nitrogens with one attached hydrogen (secondary N) is 1. The molecule has 1 N–H and O–H groups in total. The van der Waals surface area contributed by atoms with E-state index < -0.39 is 0 Å². The molecule has 2 aromatic rings. The van der Waals surface area contributed by atoms with Gasteiger partial charge in [0.1, 0.15) is 0 Å². The van der Waals surface area contributed by atoms with Gasteiger partial charge in [-0.3, -0.25) is 9.69 Å². The first-order valence-electron chi connectivity index (χ1n) is 10.4. The first kappa shape index (κ1) is 22.1. The number of amides is 1. The van der Waals surface area contributed by atoms with Crippen molar-refractivity contribution in [3.8, 4) is 0 Å². The maximum atomic E-state index is 12.9. The Bertz CT molecular complexity index is 860. The first-order valence-corrected chi connectivity index (χ1v) is 11.2. The number of carbonyl (C=O) groups excluding carboxylic acids is 1. The molecule has 1 fully saturated rings. The van der Waals surface area contributed by atoms with Gasteiger partial charge >= 0.3 is 0 Å². The van der Waals surface area contributed by atoms with Crippen LogP contribution in [-0.2, 0) is 11.3 Å². The molecule has 3 rings (SSSR count). The van der Waals surface area contributed by atoms with Crippen molar-refractivity contribution in [2.75, 3.05) is 13.1 Å². The summed E-state index contributed by atoms with van der Waals surface area (Å²) in [6, 6.07) is 12.2. The van der Waals surface area contributed by atoms with E-state index in [1.165, 1.54) is 16.7 Å². The molecule has 5 heteroatoms. The molecule has 3 nitrogen and oxygen atoms in total. The summed E-state index contributed by atoms with van der Waals surface area (Å²) < 4.78 is 0. The Kier molecular flexibility index (Phi) is 7.61. The van der Waals surface area contributed by atoms with Crippen molar-refractivity contribution in [2.24, 2.45) is 5.92 Å². The van der Waals surface area contributed by atoms with E-state index in [9.17, 15) is 4.79 Å². The average molecular weight is 433 g/mol. The third-order valence-electron chi connectivity index (χ3n) is 6.03. The number of piperidine rings is 1. The van der Waals surface area contributed by atoms with E-state index in [1.807, 2.05) is 12.1 Å². The Hall–Kier alpha value is -1.55. The lowest BCUT2D eigenvalue weighted by Gasteiger charge is -2.32. The van der Waals surface area contributed by atoms with Crippen LogP contribution in [0.25, 0.3) is 0 Å². The number of carbonyl (C=O) groups is 1. The van der Waals surface area contributed by atoms with Crippen molar-refractivity contribution >= 4 is 29.1 Å². The first-order chi connectivity index (χ1) is 13.9. The summed E-state index contributed by atoms with van der Waals surface area (Å²) in [4.78, 5) is 15.2. The van der Waals surface area contributed by atoms with Gasteiger partial charge in [-0.2, -0.15) is 0 Å². The van der Waals surface area contributed by atoms with Crippen LogP contribution < -0.4 is 5.32 Å². The fourth-order valence-electron chi connectivity index (χ4n) is 3.94. The van der Waals surface area contributed by atoms with Crippen LogP contribution in [0.4, 0.5) is 0 Å². The summed E-state index contributed by atoms with van der Waals surface area (Å²) >= 11 is 12.3. The minimum Gasteiger partial charge on any atom is -0.349 e. The lowest BCUT2D eigenvalue weighted by atomic mass is 9.94. The number of likely N-dealkylation sites (tertiary alicyclic amines) is 1. The second-order valence-electron chi connectivity index (χ2n) is 8.10. The van der Waals surface area contributed by atoms with E-state index in [0.717, 1.165) is 44.5 Å². The standard InChI is InChI=1S/C24H30Cl2N2O/c1-4-23(19-6-5-16(2)17(3)13-19)27-24(29)18-9-11-28(12-10-18)15-20-7-8-21(25)14-22(20)26/h5-8,13-14,18,23H,4,9-12,15H2,1-3H3,(H,27,29). The average Bonchev–Trinajstić information content (AvgIpc) is 2.71. The van der Waals surface area contributed by atoms with Crippen molar-refractivity contribution in [2.45, 2.75) is 52.6 Å². The minimum atomic E-state index is 0.0764. The molecular formula is C24H30Cl2N2O. The Morgan fingerprint density at radius 2 is 1.83 bits per heavy atom. The highest BCUT2D eigenvalue weighted by Gasteiger charge is 2.27. The third kappa shape index (κ3) is 5.75. The van der Waals surface area contributed by atoms with Crippen molar-refractivity contribution < 1.29 is 4.79 Å². The van der Waals surface area contributed by atoms with Gasteiger partial charge in [0.25, 0.3) is 0 Å². The molecule has 0 radical (unpaired) electrons. The third-order valence-corrected chi connectivity index (χ3v) is 6.61. The Morgan fingerprint density at radius 3 is 2.45 bits per heavy atom. The number of hydrogen-bond acceptors (Lipinski definition) is 2. The van der Waals surface area contributed by atoms with E-state index in [1.54, 1.807) is 6.07 Å². The van der Waals surface area contributed by atoms with Gasteiger partial charge < -0.3 is 5.32 Å². The molecule has 1 aliphatic rings. The lowest BCUT2D eigenvalue weighted by Crippen LogP contribution is -2.41. The molecule has 1 amide bonds. The van der Waals surface area contributed by atoms with E-state index in [-0.39, 0.29) is 17.9 Å². The maximum absolute atomic E-state index is 12.9. The second-order valence-corrected chi connectivity index (χ2v) is 8.94. The zero-order valence-corrected chi connectivity index (χ0v) is 19.0. The molecule has 1 unspecified atom stereocenters. The van der Waals surface area contributed by atoms with Gasteiger partial charge in [0.15, 0.2) is 0 Å². The van der Waals surface area contributed by atoms with Crippen LogP contribution in [0.5, 0.6) is 0 Å². The van der Waals surface area contributed by atoms with Crippen molar-refractivity contribution in [1.82, 2.24) is 10.2 Å². The van der Waals surface area contributed by atoms with Crippen LogP contribution in [0.15, 0.2) is 36.4 Å². The van der Waals surface area contributed by atoms with E-state index in [4.69, 9.17) is 23.2 Å². The summed E-state index contributed by atoms with van der Waals surface area (Å²) in [6.45, 7) is 8.96. The molecule has 0 saturated carbocycles. The van der Waals surface area contributed by atoms with Gasteiger partial charge in [-0.15, -0.1) is 0 Å². The largest absolute Gasteiger partial charge is 0.349 e. The molecule has 2 aromatic carbocycles. The van der Waals surface area contributed by atoms with Crippen LogP contribution in [0.2, 0.25) is 10.0 Å². The normalized spacial score (nSPS) is 16.6. The molecule has 0 aliphatic carbocycles. The van der Waals surface area contributed by atoms with Crippen molar-refractivity contribution in [3.63, 3.8) is 0 Å². The molecule has 1 atom stereocenters. The molecule has 1 aliphatic heterocycles. The van der Waals surface area contributed by atoms with Crippen LogP contribution in [0.1, 0.15) is 54.5 Å². The van der Waals surface area contributed by atoms with Gasteiger partial charge in [-0.05, 0) is 80.6 Å². The van der Waals surface area contributed by atoms with E-state index in [2.05, 4.69) is 49.2 Å². The lowest BCUT2D eigenvalue weighted by molar-refractivity contribution is -0.127. The van der Waals surface area contributed by atoms with Gasteiger partial charge in [0.2, 0.25) is 5.91 Å². The van der Waals surface area contributed by atoms with Gasteiger partial charge in [-0.1, -0.05) is 54.4 Å². The SMILES string of the molecule is CCC(NC(=O)C1CCN(Cc2ccc(Cl)cc2Cl)CC1)c1ccc(C)c(C)c1. The number of halogens is 2. The quantitative estimate of drug-likeness (QED) is 0.598. The topological polar surface area (TPSA) is 32.3 Å². The Morgan fingerprint density at radius 1 is 1.10 bits per heavy atom. The van der Waals surface area contributed by atoms with Gasteiger partial charge in [0, 0.05) is 22.5 Å². The van der Waals surface area contributed by atoms with Crippen LogP contribution in [-0.4, -0.2) is 23.9 Å². The summed E-state index contributed by atoms with van der Waals surface area (Å²) in [7, 11) is 0. The number of rotatable bonds is 6. The highest BCUT2D eigenvalue weighted by Crippen LogP contribution is 2.26. The fraction of sp³-hybridized carbons (Fsp3) is 0.458. The smallest absolute Gasteiger partial charge is 0.223 e. The van der Waals surface area contributed by atoms with E-state index in [0.29, 0.717) is 10.0 Å². The number of hydrogen-bond donors (Lipinski definition) is 1. The molecule has 0 spiro atoms. The highest BCUT2D eigenvalue weighted by atomic mass is 35.5. The summed E-state index contributed by atoms with van der Waals surface area (Å²) in [5, 5.41) is 4.65. The molecular weight excluding hydrogens is 403 g/mol. The second kappa shape index (κ2) is 9.97. The summed E-state index contributed by atoms with van der Waals surface area (Å²) in [6.07, 6.45) is 2.64. The zero-order valence-electron chi connectivity index (χ0n) is 17.5. The summed E-state index contributed by atoms with van der Waals surface area (Å²) in [5.74, 6) is 0.256. The fourth-order valence-corrected chi connectivity index (χ4v) is 4.40. The molecule has 156 valence electrons. The zero-order chi connectivity index (χ0) is 21.0.